The Morgan fingerprint density at radius 3 is 2.35 bits per heavy atom. The summed E-state index contributed by atoms with van der Waals surface area (Å²) in [7, 11) is -3.78. The molecular weight excluding hydrogens is 284 g/mol. The lowest BCUT2D eigenvalue weighted by Crippen LogP contribution is -2.40. The standard InChI is InChI=1S/C13H18O6S/c1-10-2-4-13(5-3-10)20(15,16)19-9-12-8-17-11(6-14)7-18-12/h2-5,11-12,14H,6-9H2,1H3/t11-,12?/m0/s1. The van der Waals surface area contributed by atoms with Gasteiger partial charge in [0.25, 0.3) is 10.1 Å². The number of aliphatic hydroxyl groups is 1. The third kappa shape index (κ3) is 4.00. The molecule has 1 saturated heterocycles. The summed E-state index contributed by atoms with van der Waals surface area (Å²) >= 11 is 0. The molecule has 0 spiro atoms. The van der Waals surface area contributed by atoms with E-state index in [9.17, 15) is 8.42 Å². The Kier molecular flexibility index (Phi) is 5.11. The highest BCUT2D eigenvalue weighted by Crippen LogP contribution is 2.15. The lowest BCUT2D eigenvalue weighted by atomic mass is 10.2. The second kappa shape index (κ2) is 6.64. The van der Waals surface area contributed by atoms with Gasteiger partial charge in [-0.15, -0.1) is 0 Å². The molecule has 0 aromatic heterocycles. The van der Waals surface area contributed by atoms with Crippen LogP contribution in [-0.4, -0.2) is 52.2 Å². The van der Waals surface area contributed by atoms with Crippen molar-refractivity contribution in [2.75, 3.05) is 26.4 Å². The number of rotatable bonds is 5. The average molecular weight is 302 g/mol. The predicted octanol–water partition coefficient (Wildman–Crippen LogP) is 0.477. The fourth-order valence-electron chi connectivity index (χ4n) is 1.72. The van der Waals surface area contributed by atoms with Gasteiger partial charge in [-0.05, 0) is 19.1 Å². The Morgan fingerprint density at radius 2 is 1.80 bits per heavy atom. The van der Waals surface area contributed by atoms with Gasteiger partial charge < -0.3 is 14.6 Å². The van der Waals surface area contributed by atoms with Crippen molar-refractivity contribution in [3.05, 3.63) is 29.8 Å². The maximum absolute atomic E-state index is 11.9. The lowest BCUT2D eigenvalue weighted by Gasteiger charge is -2.28. The second-order valence-electron chi connectivity index (χ2n) is 4.64. The van der Waals surface area contributed by atoms with Gasteiger partial charge in [-0.2, -0.15) is 8.42 Å². The van der Waals surface area contributed by atoms with E-state index in [1.807, 2.05) is 6.92 Å². The molecule has 2 rings (SSSR count). The third-order valence-corrected chi connectivity index (χ3v) is 4.25. The van der Waals surface area contributed by atoms with Crippen LogP contribution in [0.1, 0.15) is 5.56 Å². The van der Waals surface area contributed by atoms with Gasteiger partial charge in [0.05, 0.1) is 31.3 Å². The van der Waals surface area contributed by atoms with Crippen molar-refractivity contribution in [2.45, 2.75) is 24.0 Å². The van der Waals surface area contributed by atoms with Crippen LogP contribution < -0.4 is 0 Å². The van der Waals surface area contributed by atoms with E-state index in [0.29, 0.717) is 0 Å². The molecule has 1 fully saturated rings. The molecule has 1 N–H and O–H groups in total. The molecule has 20 heavy (non-hydrogen) atoms. The highest BCUT2D eigenvalue weighted by atomic mass is 32.2. The maximum Gasteiger partial charge on any atom is 0.297 e. The van der Waals surface area contributed by atoms with E-state index in [1.54, 1.807) is 12.1 Å². The molecule has 112 valence electrons. The molecule has 2 atom stereocenters. The molecule has 0 saturated carbocycles. The summed E-state index contributed by atoms with van der Waals surface area (Å²) in [6.45, 7) is 2.09. The lowest BCUT2D eigenvalue weighted by molar-refractivity contribution is -0.152. The van der Waals surface area contributed by atoms with Crippen LogP contribution in [0.5, 0.6) is 0 Å². The Labute approximate surface area is 118 Å². The van der Waals surface area contributed by atoms with Gasteiger partial charge in [-0.1, -0.05) is 17.7 Å². The fraction of sp³-hybridized carbons (Fsp3) is 0.538. The number of hydrogen-bond donors (Lipinski definition) is 1. The van der Waals surface area contributed by atoms with Crippen LogP contribution in [0, 0.1) is 6.92 Å². The Balaban J connectivity index is 1.88. The average Bonchev–Trinajstić information content (AvgIpc) is 2.46. The summed E-state index contributed by atoms with van der Waals surface area (Å²) in [5.74, 6) is 0. The van der Waals surface area contributed by atoms with E-state index in [1.165, 1.54) is 12.1 Å². The monoisotopic (exact) mass is 302 g/mol. The number of aliphatic hydroxyl groups excluding tert-OH is 1. The Morgan fingerprint density at radius 1 is 1.20 bits per heavy atom. The minimum absolute atomic E-state index is 0.103. The molecule has 1 aliphatic heterocycles. The molecular formula is C13H18O6S. The summed E-state index contributed by atoms with van der Waals surface area (Å²) in [4.78, 5) is 0.119. The Hall–Kier alpha value is -0.990. The van der Waals surface area contributed by atoms with Crippen LogP contribution in [0.3, 0.4) is 0 Å². The summed E-state index contributed by atoms with van der Waals surface area (Å²) < 4.78 is 39.5. The van der Waals surface area contributed by atoms with Crippen molar-refractivity contribution >= 4 is 10.1 Å². The zero-order valence-corrected chi connectivity index (χ0v) is 12.0. The number of hydrogen-bond acceptors (Lipinski definition) is 6. The first-order chi connectivity index (χ1) is 9.51. The van der Waals surface area contributed by atoms with Crippen molar-refractivity contribution < 1.29 is 27.2 Å². The number of aryl methyl sites for hydroxylation is 1. The van der Waals surface area contributed by atoms with E-state index < -0.39 is 16.2 Å². The van der Waals surface area contributed by atoms with E-state index >= 15 is 0 Å². The smallest absolute Gasteiger partial charge is 0.297 e. The molecule has 6 nitrogen and oxygen atoms in total. The minimum Gasteiger partial charge on any atom is -0.394 e. The van der Waals surface area contributed by atoms with Crippen molar-refractivity contribution in [1.82, 2.24) is 0 Å². The molecule has 7 heteroatoms. The van der Waals surface area contributed by atoms with Crippen LogP contribution in [0.2, 0.25) is 0 Å². The van der Waals surface area contributed by atoms with Gasteiger partial charge in [0.1, 0.15) is 12.2 Å². The highest BCUT2D eigenvalue weighted by molar-refractivity contribution is 7.86. The molecule has 1 aromatic rings. The summed E-state index contributed by atoms with van der Waals surface area (Å²) in [5.41, 5.74) is 0.975. The topological polar surface area (TPSA) is 82.1 Å². The zero-order valence-electron chi connectivity index (χ0n) is 11.2. The number of ether oxygens (including phenoxy) is 2. The predicted molar refractivity (Wildman–Crippen MR) is 70.9 cm³/mol. The van der Waals surface area contributed by atoms with E-state index in [4.69, 9.17) is 18.8 Å². The van der Waals surface area contributed by atoms with Gasteiger partial charge in [0.2, 0.25) is 0 Å². The van der Waals surface area contributed by atoms with Crippen molar-refractivity contribution in [3.63, 3.8) is 0 Å². The first-order valence-corrected chi connectivity index (χ1v) is 7.72. The molecule has 0 aliphatic carbocycles. The molecule has 1 aliphatic rings. The highest BCUT2D eigenvalue weighted by Gasteiger charge is 2.24. The molecule has 1 heterocycles. The minimum atomic E-state index is -3.78. The molecule has 0 bridgehead atoms. The van der Waals surface area contributed by atoms with Crippen LogP contribution in [0.15, 0.2) is 29.2 Å². The Bertz CT molecular complexity index is 516. The van der Waals surface area contributed by atoms with Crippen molar-refractivity contribution in [2.24, 2.45) is 0 Å². The summed E-state index contributed by atoms with van der Waals surface area (Å²) in [6.07, 6.45) is -0.794. The first kappa shape index (κ1) is 15.4. The van der Waals surface area contributed by atoms with Gasteiger partial charge in [0.15, 0.2) is 0 Å². The first-order valence-electron chi connectivity index (χ1n) is 6.31. The maximum atomic E-state index is 11.9. The molecule has 0 amide bonds. The van der Waals surface area contributed by atoms with Crippen LogP contribution >= 0.6 is 0 Å². The van der Waals surface area contributed by atoms with Gasteiger partial charge in [-0.3, -0.25) is 4.18 Å². The van der Waals surface area contributed by atoms with E-state index in [-0.39, 0.29) is 37.4 Å². The van der Waals surface area contributed by atoms with Gasteiger partial charge in [-0.25, -0.2) is 0 Å². The molecule has 1 unspecified atom stereocenters. The van der Waals surface area contributed by atoms with E-state index in [2.05, 4.69) is 0 Å². The summed E-state index contributed by atoms with van der Waals surface area (Å²) in [5, 5.41) is 8.88. The van der Waals surface area contributed by atoms with E-state index in [0.717, 1.165) is 5.56 Å². The van der Waals surface area contributed by atoms with Crippen LogP contribution in [-0.2, 0) is 23.8 Å². The second-order valence-corrected chi connectivity index (χ2v) is 6.26. The molecule has 0 radical (unpaired) electrons. The summed E-state index contributed by atoms with van der Waals surface area (Å²) in [6, 6.07) is 6.43. The SMILES string of the molecule is Cc1ccc(S(=O)(=O)OCC2CO[C@@H](CO)CO2)cc1. The zero-order chi connectivity index (χ0) is 14.6. The van der Waals surface area contributed by atoms with Gasteiger partial charge >= 0.3 is 0 Å². The van der Waals surface area contributed by atoms with Gasteiger partial charge in [0, 0.05) is 0 Å². The number of benzene rings is 1. The van der Waals surface area contributed by atoms with Crippen molar-refractivity contribution in [1.29, 1.82) is 0 Å². The molecule has 1 aromatic carbocycles. The largest absolute Gasteiger partial charge is 0.394 e. The third-order valence-electron chi connectivity index (χ3n) is 2.96. The van der Waals surface area contributed by atoms with Crippen LogP contribution in [0.4, 0.5) is 0 Å². The normalized spacial score (nSPS) is 23.7. The van der Waals surface area contributed by atoms with Crippen molar-refractivity contribution in [3.8, 4) is 0 Å². The van der Waals surface area contributed by atoms with Crippen LogP contribution in [0.25, 0.3) is 0 Å². The quantitative estimate of drug-likeness (QED) is 0.797. The fourth-order valence-corrected chi connectivity index (χ4v) is 2.66.